The van der Waals surface area contributed by atoms with Gasteiger partial charge in [-0.2, -0.15) is 5.26 Å². The van der Waals surface area contributed by atoms with Gasteiger partial charge in [0.2, 0.25) is 0 Å². The summed E-state index contributed by atoms with van der Waals surface area (Å²) in [5.41, 5.74) is 0. The highest BCUT2D eigenvalue weighted by Crippen LogP contribution is 2.32. The van der Waals surface area contributed by atoms with Crippen LogP contribution in [-0.2, 0) is 12.3 Å². The average Bonchev–Trinajstić information content (AvgIpc) is 1.93. The molecule has 1 aliphatic heterocycles. The lowest BCUT2D eigenvalue weighted by Gasteiger charge is -2.47. The number of nitriles is 1. The summed E-state index contributed by atoms with van der Waals surface area (Å²) >= 11 is 0. The number of hydrogen-bond donors (Lipinski definition) is 0. The molecule has 1 rings (SSSR count). The molecule has 0 saturated carbocycles. The number of nitrogens with zero attached hydrogens (tertiary/aromatic N) is 1. The molecule has 1 saturated heterocycles. The molecule has 7 heteroatoms. The van der Waals surface area contributed by atoms with Gasteiger partial charge in [-0.25, -0.2) is 0 Å². The third-order valence-corrected chi connectivity index (χ3v) is 14.6. The monoisotopic (exact) mass is 261 g/mol. The van der Waals surface area contributed by atoms with Crippen LogP contribution in [0.25, 0.3) is 0 Å². The van der Waals surface area contributed by atoms with Crippen LogP contribution in [0.3, 0.4) is 0 Å². The molecular weight excluding hydrogens is 242 g/mol. The van der Waals surface area contributed by atoms with Crippen LogP contribution in [0.5, 0.6) is 0 Å². The number of hydrogen-bond acceptors (Lipinski definition) is 4. The summed E-state index contributed by atoms with van der Waals surface area (Å²) in [7, 11) is -6.20. The zero-order chi connectivity index (χ0) is 11.7. The van der Waals surface area contributed by atoms with Crippen molar-refractivity contribution in [3.05, 3.63) is 0 Å². The first-order valence-electron chi connectivity index (χ1n) is 5.16. The van der Waals surface area contributed by atoms with Gasteiger partial charge in [0.25, 0.3) is 0 Å². The van der Waals surface area contributed by atoms with E-state index in [1.807, 2.05) is 0 Å². The van der Waals surface area contributed by atoms with Crippen molar-refractivity contribution in [2.75, 3.05) is 0 Å². The van der Waals surface area contributed by atoms with Crippen molar-refractivity contribution in [3.63, 3.8) is 0 Å². The summed E-state index contributed by atoms with van der Waals surface area (Å²) in [5, 5.41) is 8.62. The zero-order valence-electron chi connectivity index (χ0n) is 10.1. The molecule has 0 atom stereocenters. The summed E-state index contributed by atoms with van der Waals surface area (Å²) < 4.78 is 18.0. The molecule has 0 aromatic rings. The zero-order valence-corrected chi connectivity index (χ0v) is 13.1. The van der Waals surface area contributed by atoms with E-state index in [-0.39, 0.29) is 0 Å². The van der Waals surface area contributed by atoms with Crippen molar-refractivity contribution in [2.45, 2.75) is 45.2 Å². The molecule has 15 heavy (non-hydrogen) atoms. The van der Waals surface area contributed by atoms with Gasteiger partial charge in [0.15, 0.2) is 0 Å². The predicted octanol–water partition coefficient (Wildman–Crippen LogP) is 2.44. The molecule has 1 heterocycles. The van der Waals surface area contributed by atoms with Crippen LogP contribution >= 0.6 is 0 Å². The minimum Gasteiger partial charge on any atom is -0.416 e. The molecular formula is C8H19NO3Si3. The van der Waals surface area contributed by atoms with Gasteiger partial charge in [0.05, 0.1) is 6.07 Å². The standard InChI is InChI=1S/C8H19NO3Si3/c1-13(2)10-14(3,4)12-15(5,11-13)8-6-7-9/h6,8H2,1-5H3. The minimum absolute atomic E-state index is 0.512. The third kappa shape index (κ3) is 3.82. The second kappa shape index (κ2) is 4.12. The Labute approximate surface area is 94.9 Å². The topological polar surface area (TPSA) is 51.5 Å². The second-order valence-corrected chi connectivity index (χ2v) is 15.7. The predicted molar refractivity (Wildman–Crippen MR) is 64.9 cm³/mol. The summed E-state index contributed by atoms with van der Waals surface area (Å²) in [4.78, 5) is 0. The van der Waals surface area contributed by atoms with Gasteiger partial charge in [-0.05, 0) is 32.7 Å². The van der Waals surface area contributed by atoms with E-state index < -0.39 is 25.7 Å². The van der Waals surface area contributed by atoms with E-state index in [4.69, 9.17) is 17.6 Å². The van der Waals surface area contributed by atoms with Gasteiger partial charge in [0, 0.05) is 12.5 Å². The van der Waals surface area contributed by atoms with E-state index in [0.717, 1.165) is 6.04 Å². The minimum atomic E-state index is -2.15. The molecule has 4 nitrogen and oxygen atoms in total. The van der Waals surface area contributed by atoms with Crippen LogP contribution in [-0.4, -0.2) is 25.7 Å². The van der Waals surface area contributed by atoms with Crippen LogP contribution in [0.2, 0.25) is 38.8 Å². The lowest BCUT2D eigenvalue weighted by molar-refractivity contribution is 0.232. The highest BCUT2D eigenvalue weighted by molar-refractivity contribution is 6.92. The molecule has 0 aromatic heterocycles. The van der Waals surface area contributed by atoms with E-state index in [0.29, 0.717) is 6.42 Å². The Morgan fingerprint density at radius 2 is 1.40 bits per heavy atom. The van der Waals surface area contributed by atoms with E-state index in [9.17, 15) is 0 Å². The third-order valence-electron chi connectivity index (χ3n) is 2.11. The summed E-state index contributed by atoms with van der Waals surface area (Å²) in [6.07, 6.45) is 0.512. The first kappa shape index (κ1) is 13.1. The smallest absolute Gasteiger partial charge is 0.318 e. The second-order valence-electron chi connectivity index (χ2n) is 4.90. The molecule has 1 aliphatic rings. The van der Waals surface area contributed by atoms with Crippen molar-refractivity contribution < 1.29 is 12.3 Å². The fourth-order valence-electron chi connectivity index (χ4n) is 2.08. The Morgan fingerprint density at radius 1 is 0.933 bits per heavy atom. The van der Waals surface area contributed by atoms with Gasteiger partial charge in [-0.3, -0.25) is 0 Å². The molecule has 1 fully saturated rings. The van der Waals surface area contributed by atoms with Crippen molar-refractivity contribution >= 4 is 25.7 Å². The maximum atomic E-state index is 8.62. The molecule has 0 radical (unpaired) electrons. The van der Waals surface area contributed by atoms with E-state index in [2.05, 4.69) is 38.8 Å². The van der Waals surface area contributed by atoms with E-state index in [1.54, 1.807) is 0 Å². The van der Waals surface area contributed by atoms with E-state index >= 15 is 0 Å². The lowest BCUT2D eigenvalue weighted by Crippen LogP contribution is -2.65. The first-order valence-corrected chi connectivity index (χ1v) is 13.3. The molecule has 86 valence electrons. The average molecular weight is 262 g/mol. The fraction of sp³-hybridized carbons (Fsp3) is 0.875. The lowest BCUT2D eigenvalue weighted by atomic mass is 10.6. The molecule has 0 spiro atoms. The van der Waals surface area contributed by atoms with Crippen molar-refractivity contribution in [3.8, 4) is 6.07 Å². The molecule has 0 amide bonds. The highest BCUT2D eigenvalue weighted by Gasteiger charge is 2.52. The van der Waals surface area contributed by atoms with Gasteiger partial charge in [-0.1, -0.05) is 0 Å². The van der Waals surface area contributed by atoms with Crippen molar-refractivity contribution in [2.24, 2.45) is 0 Å². The summed E-state index contributed by atoms with van der Waals surface area (Å²) in [6.45, 7) is 10.3. The van der Waals surface area contributed by atoms with Crippen LogP contribution in [0.15, 0.2) is 0 Å². The Morgan fingerprint density at radius 3 is 1.80 bits per heavy atom. The van der Waals surface area contributed by atoms with Gasteiger partial charge in [-0.15, -0.1) is 0 Å². The van der Waals surface area contributed by atoms with Gasteiger partial charge < -0.3 is 12.3 Å². The molecule has 0 bridgehead atoms. The molecule has 0 aliphatic carbocycles. The van der Waals surface area contributed by atoms with Crippen molar-refractivity contribution in [1.29, 1.82) is 5.26 Å². The maximum Gasteiger partial charge on any atom is 0.318 e. The first-order chi connectivity index (χ1) is 6.68. The summed E-state index contributed by atoms with van der Waals surface area (Å²) in [6, 6.07) is 2.91. The van der Waals surface area contributed by atoms with Gasteiger partial charge >= 0.3 is 25.7 Å². The largest absolute Gasteiger partial charge is 0.416 e. The van der Waals surface area contributed by atoms with Gasteiger partial charge in [0.1, 0.15) is 0 Å². The molecule has 0 N–H and O–H groups in total. The Balaban J connectivity index is 2.78. The Hall–Kier alpha value is 0.0206. The van der Waals surface area contributed by atoms with Crippen LogP contribution < -0.4 is 0 Å². The van der Waals surface area contributed by atoms with Crippen LogP contribution in [0, 0.1) is 11.3 Å². The Kier molecular flexibility index (Phi) is 3.59. The Bertz CT molecular complexity index is 271. The van der Waals surface area contributed by atoms with Crippen molar-refractivity contribution in [1.82, 2.24) is 0 Å². The maximum absolute atomic E-state index is 8.62. The number of rotatable bonds is 2. The fourth-order valence-corrected chi connectivity index (χ4v) is 18.1. The quantitative estimate of drug-likeness (QED) is 0.717. The van der Waals surface area contributed by atoms with E-state index in [1.165, 1.54) is 0 Å². The highest BCUT2D eigenvalue weighted by atomic mass is 28.5. The SMILES string of the molecule is C[Si]1(C)O[Si](C)(C)O[Si](C)(CCC#N)O1. The summed E-state index contributed by atoms with van der Waals surface area (Å²) in [5.74, 6) is 0. The molecule has 0 aromatic carbocycles. The molecule has 0 unspecified atom stereocenters. The van der Waals surface area contributed by atoms with Crippen LogP contribution in [0.4, 0.5) is 0 Å². The van der Waals surface area contributed by atoms with Crippen LogP contribution in [0.1, 0.15) is 6.42 Å². The normalized spacial score (nSPS) is 26.9.